The summed E-state index contributed by atoms with van der Waals surface area (Å²) in [5.74, 6) is 0.973. The summed E-state index contributed by atoms with van der Waals surface area (Å²) in [6, 6.07) is 11.7. The smallest absolute Gasteiger partial charge is 0.159 e. The number of ketones is 1. The fourth-order valence-corrected chi connectivity index (χ4v) is 2.87. The van der Waals surface area contributed by atoms with Crippen LogP contribution in [0.15, 0.2) is 36.4 Å². The second-order valence-corrected chi connectivity index (χ2v) is 6.12. The number of hydrogen-bond donors (Lipinski definition) is 1. The molecule has 0 radical (unpaired) electrons. The van der Waals surface area contributed by atoms with Crippen molar-refractivity contribution in [3.8, 4) is 5.75 Å². The van der Waals surface area contributed by atoms with Crippen molar-refractivity contribution >= 4 is 11.5 Å². The van der Waals surface area contributed by atoms with Gasteiger partial charge in [0.2, 0.25) is 0 Å². The summed E-state index contributed by atoms with van der Waals surface area (Å²) in [6.45, 7) is 6.87. The van der Waals surface area contributed by atoms with Crippen LogP contribution in [-0.4, -0.2) is 23.8 Å². The van der Waals surface area contributed by atoms with Crippen LogP contribution in [0.3, 0.4) is 0 Å². The average molecular weight is 310 g/mol. The molecular formula is C19H22N2O2. The summed E-state index contributed by atoms with van der Waals surface area (Å²) < 4.78 is 5.81. The van der Waals surface area contributed by atoms with Gasteiger partial charge in [0.25, 0.3) is 0 Å². The molecule has 0 unspecified atom stereocenters. The minimum Gasteiger partial charge on any atom is -0.492 e. The zero-order valence-electron chi connectivity index (χ0n) is 13.6. The third-order valence-corrected chi connectivity index (χ3v) is 4.32. The highest BCUT2D eigenvalue weighted by Crippen LogP contribution is 2.24. The standard InChI is InChI=1S/C19H22N2O2/c1-13-9-18(5-6-19(13)20)23-8-7-21-11-16-4-3-15(14(2)22)10-17(16)12-21/h3-6,9-10H,7-8,11-12,20H2,1-2H3. The first-order valence-corrected chi connectivity index (χ1v) is 7.87. The summed E-state index contributed by atoms with van der Waals surface area (Å²) >= 11 is 0. The molecule has 120 valence electrons. The van der Waals surface area contributed by atoms with Crippen LogP contribution < -0.4 is 10.5 Å². The van der Waals surface area contributed by atoms with Gasteiger partial charge in [-0.05, 0) is 54.8 Å². The lowest BCUT2D eigenvalue weighted by Crippen LogP contribution is -2.22. The SMILES string of the molecule is CC(=O)c1ccc2c(c1)CN(CCOc1ccc(N)c(C)c1)C2. The Bertz CT molecular complexity index is 740. The summed E-state index contributed by atoms with van der Waals surface area (Å²) in [5, 5.41) is 0. The zero-order chi connectivity index (χ0) is 16.4. The van der Waals surface area contributed by atoms with E-state index in [0.717, 1.165) is 42.2 Å². The Hall–Kier alpha value is -2.33. The molecule has 2 aromatic rings. The van der Waals surface area contributed by atoms with Gasteiger partial charge in [-0.25, -0.2) is 0 Å². The summed E-state index contributed by atoms with van der Waals surface area (Å²) in [4.78, 5) is 13.8. The highest BCUT2D eigenvalue weighted by molar-refractivity contribution is 5.94. The van der Waals surface area contributed by atoms with Gasteiger partial charge in [-0.2, -0.15) is 0 Å². The van der Waals surface area contributed by atoms with E-state index in [9.17, 15) is 4.79 Å². The van der Waals surface area contributed by atoms with Crippen molar-refractivity contribution in [3.05, 3.63) is 58.7 Å². The second-order valence-electron chi connectivity index (χ2n) is 6.12. The van der Waals surface area contributed by atoms with E-state index in [4.69, 9.17) is 10.5 Å². The number of ether oxygens (including phenoxy) is 1. The lowest BCUT2D eigenvalue weighted by molar-refractivity contribution is 0.101. The highest BCUT2D eigenvalue weighted by atomic mass is 16.5. The molecule has 0 aromatic heterocycles. The molecule has 0 fully saturated rings. The Morgan fingerprint density at radius 1 is 1.17 bits per heavy atom. The van der Waals surface area contributed by atoms with Crippen molar-refractivity contribution in [2.45, 2.75) is 26.9 Å². The average Bonchev–Trinajstić information content (AvgIpc) is 2.92. The van der Waals surface area contributed by atoms with Gasteiger partial charge in [0.1, 0.15) is 12.4 Å². The number of hydrogen-bond acceptors (Lipinski definition) is 4. The Morgan fingerprint density at radius 2 is 1.96 bits per heavy atom. The predicted molar refractivity (Wildman–Crippen MR) is 91.6 cm³/mol. The van der Waals surface area contributed by atoms with Crippen molar-refractivity contribution in [2.75, 3.05) is 18.9 Å². The number of nitrogens with zero attached hydrogens (tertiary/aromatic N) is 1. The molecule has 4 nitrogen and oxygen atoms in total. The van der Waals surface area contributed by atoms with Gasteiger partial charge in [0.05, 0.1) is 0 Å². The van der Waals surface area contributed by atoms with Crippen LogP contribution in [0.25, 0.3) is 0 Å². The molecule has 0 amide bonds. The molecule has 2 aromatic carbocycles. The maximum atomic E-state index is 11.5. The molecule has 0 spiro atoms. The fourth-order valence-electron chi connectivity index (χ4n) is 2.87. The molecular weight excluding hydrogens is 288 g/mol. The molecule has 0 saturated heterocycles. The van der Waals surface area contributed by atoms with E-state index in [-0.39, 0.29) is 5.78 Å². The van der Waals surface area contributed by atoms with Crippen molar-refractivity contribution < 1.29 is 9.53 Å². The molecule has 3 rings (SSSR count). The molecule has 0 atom stereocenters. The molecule has 0 bridgehead atoms. The van der Waals surface area contributed by atoms with Gasteiger partial charge in [0, 0.05) is 30.9 Å². The van der Waals surface area contributed by atoms with E-state index >= 15 is 0 Å². The Balaban J connectivity index is 1.54. The lowest BCUT2D eigenvalue weighted by atomic mass is 10.0. The first kappa shape index (κ1) is 15.6. The minimum absolute atomic E-state index is 0.119. The third kappa shape index (κ3) is 3.54. The van der Waals surface area contributed by atoms with E-state index < -0.39 is 0 Å². The van der Waals surface area contributed by atoms with Gasteiger partial charge >= 0.3 is 0 Å². The van der Waals surface area contributed by atoms with Crippen LogP contribution in [0.4, 0.5) is 5.69 Å². The number of benzene rings is 2. The van der Waals surface area contributed by atoms with E-state index in [1.165, 1.54) is 11.1 Å². The highest BCUT2D eigenvalue weighted by Gasteiger charge is 2.19. The molecule has 0 aliphatic carbocycles. The van der Waals surface area contributed by atoms with E-state index in [2.05, 4.69) is 11.0 Å². The Kier molecular flexibility index (Phi) is 4.35. The van der Waals surface area contributed by atoms with Gasteiger partial charge in [-0.3, -0.25) is 9.69 Å². The van der Waals surface area contributed by atoms with E-state index in [1.54, 1.807) is 6.92 Å². The second kappa shape index (κ2) is 6.42. The van der Waals surface area contributed by atoms with Crippen molar-refractivity contribution in [1.82, 2.24) is 4.90 Å². The van der Waals surface area contributed by atoms with Crippen molar-refractivity contribution in [1.29, 1.82) is 0 Å². The Morgan fingerprint density at radius 3 is 2.70 bits per heavy atom. The number of Topliss-reactive ketones (excluding diaryl/α,β-unsaturated/α-hetero) is 1. The van der Waals surface area contributed by atoms with E-state index in [1.807, 2.05) is 37.3 Å². The minimum atomic E-state index is 0.119. The number of aryl methyl sites for hydroxylation is 1. The van der Waals surface area contributed by atoms with Crippen LogP contribution in [0, 0.1) is 6.92 Å². The van der Waals surface area contributed by atoms with Crippen LogP contribution in [-0.2, 0) is 13.1 Å². The normalized spacial score (nSPS) is 13.8. The first-order chi connectivity index (χ1) is 11.0. The number of nitrogen functional groups attached to an aromatic ring is 1. The fraction of sp³-hybridized carbons (Fsp3) is 0.316. The number of nitrogens with two attached hydrogens (primary N) is 1. The Labute approximate surface area is 136 Å². The summed E-state index contributed by atoms with van der Waals surface area (Å²) in [5.41, 5.74) is 11.0. The van der Waals surface area contributed by atoms with E-state index in [0.29, 0.717) is 6.61 Å². The maximum absolute atomic E-state index is 11.5. The topological polar surface area (TPSA) is 55.6 Å². The molecule has 2 N–H and O–H groups in total. The van der Waals surface area contributed by atoms with Crippen LogP contribution in [0.1, 0.15) is 34.0 Å². The van der Waals surface area contributed by atoms with Crippen molar-refractivity contribution in [3.63, 3.8) is 0 Å². The molecule has 1 aliphatic rings. The van der Waals surface area contributed by atoms with Crippen molar-refractivity contribution in [2.24, 2.45) is 0 Å². The third-order valence-electron chi connectivity index (χ3n) is 4.32. The molecule has 1 heterocycles. The first-order valence-electron chi connectivity index (χ1n) is 7.87. The van der Waals surface area contributed by atoms with Gasteiger partial charge in [0.15, 0.2) is 5.78 Å². The number of carbonyl (C=O) groups is 1. The summed E-state index contributed by atoms with van der Waals surface area (Å²) in [6.07, 6.45) is 0. The van der Waals surface area contributed by atoms with Crippen LogP contribution in [0.5, 0.6) is 5.75 Å². The lowest BCUT2D eigenvalue weighted by Gasteiger charge is -2.15. The van der Waals surface area contributed by atoms with Gasteiger partial charge in [-0.1, -0.05) is 12.1 Å². The maximum Gasteiger partial charge on any atom is 0.159 e. The number of rotatable bonds is 5. The quantitative estimate of drug-likeness (QED) is 0.681. The van der Waals surface area contributed by atoms with Crippen LogP contribution in [0.2, 0.25) is 0 Å². The number of carbonyl (C=O) groups excluding carboxylic acids is 1. The van der Waals surface area contributed by atoms with Gasteiger partial charge < -0.3 is 10.5 Å². The largest absolute Gasteiger partial charge is 0.492 e. The summed E-state index contributed by atoms with van der Waals surface area (Å²) in [7, 11) is 0. The molecule has 23 heavy (non-hydrogen) atoms. The zero-order valence-corrected chi connectivity index (χ0v) is 13.6. The number of fused-ring (bicyclic) bond motifs is 1. The molecule has 4 heteroatoms. The predicted octanol–water partition coefficient (Wildman–Crippen LogP) is 3.17. The molecule has 0 saturated carbocycles. The monoisotopic (exact) mass is 310 g/mol. The number of anilines is 1. The van der Waals surface area contributed by atoms with Crippen LogP contribution >= 0.6 is 0 Å². The van der Waals surface area contributed by atoms with Gasteiger partial charge in [-0.15, -0.1) is 0 Å². The molecule has 1 aliphatic heterocycles.